The molecule has 1 N–H and O–H groups in total. The number of halogens is 2. The van der Waals surface area contributed by atoms with Gasteiger partial charge in [-0.3, -0.25) is 19.2 Å². The highest BCUT2D eigenvalue weighted by Gasteiger charge is 2.29. The molecule has 2 amide bonds. The van der Waals surface area contributed by atoms with Crippen molar-refractivity contribution in [1.29, 1.82) is 0 Å². The lowest BCUT2D eigenvalue weighted by Crippen LogP contribution is -2.27. The molecule has 1 fully saturated rings. The van der Waals surface area contributed by atoms with E-state index in [-0.39, 0.29) is 39.0 Å². The van der Waals surface area contributed by atoms with Gasteiger partial charge in [0, 0.05) is 5.69 Å². The average molecular weight is 415 g/mol. The Morgan fingerprint density at radius 1 is 1.15 bits per heavy atom. The molecule has 1 aliphatic heterocycles. The molecular formula is C16H12ClFN2O4S2. The van der Waals surface area contributed by atoms with E-state index in [0.29, 0.717) is 5.56 Å². The van der Waals surface area contributed by atoms with Crippen LogP contribution in [0.3, 0.4) is 0 Å². The summed E-state index contributed by atoms with van der Waals surface area (Å²) in [6.45, 7) is 0.126. The third kappa shape index (κ3) is 4.00. The molecule has 0 unspecified atom stereocenters. The Bertz CT molecular complexity index is 964. The van der Waals surface area contributed by atoms with Crippen molar-refractivity contribution in [2.45, 2.75) is 11.4 Å². The number of rotatable bonds is 5. The molecule has 2 aromatic rings. The zero-order valence-corrected chi connectivity index (χ0v) is 15.5. The third-order valence-electron chi connectivity index (χ3n) is 3.57. The van der Waals surface area contributed by atoms with E-state index in [0.717, 1.165) is 34.9 Å². The van der Waals surface area contributed by atoms with Crippen molar-refractivity contribution in [3.63, 3.8) is 0 Å². The minimum atomic E-state index is -3.98. The zero-order valence-electron chi connectivity index (χ0n) is 13.1. The highest BCUT2D eigenvalue weighted by Crippen LogP contribution is 2.25. The lowest BCUT2D eigenvalue weighted by molar-refractivity contribution is -0.125. The predicted octanol–water partition coefficient (Wildman–Crippen LogP) is 3.48. The first kappa shape index (κ1) is 18.7. The van der Waals surface area contributed by atoms with Crippen LogP contribution in [0.15, 0.2) is 47.4 Å². The molecular weight excluding hydrogens is 403 g/mol. The molecule has 0 aliphatic carbocycles. The van der Waals surface area contributed by atoms with Gasteiger partial charge in [-0.25, -0.2) is 12.8 Å². The van der Waals surface area contributed by atoms with Crippen LogP contribution >= 0.6 is 23.4 Å². The Kier molecular flexibility index (Phi) is 5.22. The number of imide groups is 1. The molecule has 136 valence electrons. The van der Waals surface area contributed by atoms with Crippen LogP contribution in [-0.4, -0.2) is 30.2 Å². The summed E-state index contributed by atoms with van der Waals surface area (Å²) < 4.78 is 40.2. The maximum Gasteiger partial charge on any atom is 0.289 e. The summed E-state index contributed by atoms with van der Waals surface area (Å²) in [5.74, 6) is -0.756. The van der Waals surface area contributed by atoms with Crippen LogP contribution in [0.2, 0.25) is 5.02 Å². The molecule has 3 rings (SSSR count). The largest absolute Gasteiger partial charge is 0.289 e. The fourth-order valence-electron chi connectivity index (χ4n) is 2.30. The van der Waals surface area contributed by atoms with E-state index in [1.165, 1.54) is 12.1 Å². The summed E-state index contributed by atoms with van der Waals surface area (Å²) in [5, 5.41) is -0.525. The second-order valence-corrected chi connectivity index (χ2v) is 8.40. The van der Waals surface area contributed by atoms with Crippen molar-refractivity contribution in [3.05, 3.63) is 58.9 Å². The number of anilines is 1. The number of amides is 2. The number of nitrogens with one attached hydrogen (secondary N) is 1. The number of benzene rings is 2. The average Bonchev–Trinajstić information content (AvgIpc) is 2.88. The molecule has 0 aromatic heterocycles. The number of nitrogens with zero attached hydrogens (tertiary/aromatic N) is 1. The van der Waals surface area contributed by atoms with E-state index in [2.05, 4.69) is 4.72 Å². The number of hydrogen-bond acceptors (Lipinski definition) is 5. The molecule has 1 aliphatic rings. The summed E-state index contributed by atoms with van der Waals surface area (Å²) in [6, 6.07) is 9.22. The standard InChI is InChI=1S/C16H12ClFN2O4S2/c17-13-7-11(18)3-6-14(13)26(23,24)19-12-4-1-10(2-5-12)8-20-15(21)9-25-16(20)22/h1-7,19H,8-9H2. The van der Waals surface area contributed by atoms with Gasteiger partial charge in [0.15, 0.2) is 0 Å². The monoisotopic (exact) mass is 414 g/mol. The molecule has 10 heteroatoms. The summed E-state index contributed by atoms with van der Waals surface area (Å²) in [7, 11) is -3.98. The molecule has 1 heterocycles. The first-order valence-corrected chi connectivity index (χ1v) is 10.1. The zero-order chi connectivity index (χ0) is 18.9. The molecule has 0 atom stereocenters. The molecule has 0 radical (unpaired) electrons. The van der Waals surface area contributed by atoms with Gasteiger partial charge in [0.25, 0.3) is 15.3 Å². The van der Waals surface area contributed by atoms with E-state index in [1.807, 2.05) is 0 Å². The molecule has 1 saturated heterocycles. The maximum absolute atomic E-state index is 13.1. The topological polar surface area (TPSA) is 83.6 Å². The van der Waals surface area contributed by atoms with Gasteiger partial charge >= 0.3 is 0 Å². The van der Waals surface area contributed by atoms with Crippen LogP contribution in [0, 0.1) is 5.82 Å². The smallest absolute Gasteiger partial charge is 0.280 e. The van der Waals surface area contributed by atoms with E-state index in [4.69, 9.17) is 11.6 Å². The summed E-state index contributed by atoms with van der Waals surface area (Å²) >= 11 is 6.75. The van der Waals surface area contributed by atoms with Crippen molar-refractivity contribution in [3.8, 4) is 0 Å². The molecule has 0 bridgehead atoms. The first-order chi connectivity index (χ1) is 12.3. The van der Waals surface area contributed by atoms with Crippen molar-refractivity contribution in [2.24, 2.45) is 0 Å². The Balaban J connectivity index is 1.74. The summed E-state index contributed by atoms with van der Waals surface area (Å²) in [4.78, 5) is 24.1. The second-order valence-electron chi connectivity index (χ2n) is 5.41. The van der Waals surface area contributed by atoms with E-state index in [9.17, 15) is 22.4 Å². The van der Waals surface area contributed by atoms with Gasteiger partial charge in [0.05, 0.1) is 17.3 Å². The number of sulfonamides is 1. The van der Waals surface area contributed by atoms with Crippen molar-refractivity contribution in [2.75, 3.05) is 10.5 Å². The lowest BCUT2D eigenvalue weighted by atomic mass is 10.2. The summed E-state index contributed by atoms with van der Waals surface area (Å²) in [6.07, 6.45) is 0. The molecule has 0 saturated carbocycles. The Morgan fingerprint density at radius 3 is 2.42 bits per heavy atom. The number of hydrogen-bond donors (Lipinski definition) is 1. The van der Waals surface area contributed by atoms with Crippen LogP contribution in [0.1, 0.15) is 5.56 Å². The number of carbonyl (C=O) groups excluding carboxylic acids is 2. The van der Waals surface area contributed by atoms with Gasteiger partial charge in [-0.15, -0.1) is 0 Å². The minimum absolute atomic E-state index is 0.126. The van der Waals surface area contributed by atoms with Gasteiger partial charge < -0.3 is 0 Å². The van der Waals surface area contributed by atoms with Gasteiger partial charge in [-0.05, 0) is 35.9 Å². The normalized spacial score (nSPS) is 14.8. The van der Waals surface area contributed by atoms with Crippen molar-refractivity contribution < 1.29 is 22.4 Å². The number of thioether (sulfide) groups is 1. The van der Waals surface area contributed by atoms with Crippen LogP contribution < -0.4 is 4.72 Å². The van der Waals surface area contributed by atoms with Gasteiger partial charge in [-0.2, -0.15) is 0 Å². The predicted molar refractivity (Wildman–Crippen MR) is 97.1 cm³/mol. The fourth-order valence-corrected chi connectivity index (χ4v) is 4.61. The Morgan fingerprint density at radius 2 is 1.85 bits per heavy atom. The maximum atomic E-state index is 13.1. The van der Waals surface area contributed by atoms with E-state index < -0.39 is 15.8 Å². The van der Waals surface area contributed by atoms with Crippen molar-refractivity contribution >= 4 is 50.2 Å². The van der Waals surface area contributed by atoms with Gasteiger partial charge in [-0.1, -0.05) is 35.5 Å². The lowest BCUT2D eigenvalue weighted by Gasteiger charge is -2.14. The van der Waals surface area contributed by atoms with Gasteiger partial charge in [0.2, 0.25) is 5.91 Å². The summed E-state index contributed by atoms with van der Waals surface area (Å²) in [5.41, 5.74) is 0.944. The van der Waals surface area contributed by atoms with E-state index >= 15 is 0 Å². The molecule has 26 heavy (non-hydrogen) atoms. The highest BCUT2D eigenvalue weighted by atomic mass is 35.5. The highest BCUT2D eigenvalue weighted by molar-refractivity contribution is 8.14. The minimum Gasteiger partial charge on any atom is -0.280 e. The second kappa shape index (κ2) is 7.26. The Hall–Kier alpha value is -2.10. The molecule has 0 spiro atoms. The van der Waals surface area contributed by atoms with E-state index in [1.54, 1.807) is 12.1 Å². The molecule has 6 nitrogen and oxygen atoms in total. The van der Waals surface area contributed by atoms with Gasteiger partial charge in [0.1, 0.15) is 10.7 Å². The van der Waals surface area contributed by atoms with Crippen LogP contribution in [0.25, 0.3) is 0 Å². The van der Waals surface area contributed by atoms with Crippen molar-refractivity contribution in [1.82, 2.24) is 4.90 Å². The quantitative estimate of drug-likeness (QED) is 0.809. The van der Waals surface area contributed by atoms with Crippen LogP contribution in [0.5, 0.6) is 0 Å². The van der Waals surface area contributed by atoms with Crippen LogP contribution in [-0.2, 0) is 21.4 Å². The fraction of sp³-hybridized carbons (Fsp3) is 0.125. The SMILES string of the molecule is O=C1CSC(=O)N1Cc1ccc(NS(=O)(=O)c2ccc(F)cc2Cl)cc1. The Labute approximate surface area is 158 Å². The molecule has 2 aromatic carbocycles. The first-order valence-electron chi connectivity index (χ1n) is 7.30. The van der Waals surface area contributed by atoms with Crippen LogP contribution in [0.4, 0.5) is 14.9 Å². The third-order valence-corrected chi connectivity index (χ3v) is 6.29. The number of carbonyl (C=O) groups is 2.